The molecule has 1 aliphatic rings. The van der Waals surface area contributed by atoms with Crippen LogP contribution in [0.3, 0.4) is 0 Å². The fraction of sp³-hybridized carbons (Fsp3) is 0.316. The van der Waals surface area contributed by atoms with Gasteiger partial charge in [0.05, 0.1) is 7.11 Å². The predicted octanol–water partition coefficient (Wildman–Crippen LogP) is 2.72. The van der Waals surface area contributed by atoms with Crippen molar-refractivity contribution in [3.05, 3.63) is 65.5 Å². The molecule has 1 aliphatic carbocycles. The minimum atomic E-state index is -1.28. The van der Waals surface area contributed by atoms with Crippen LogP contribution in [0.15, 0.2) is 48.5 Å². The third-order valence-corrected chi connectivity index (χ3v) is 4.56. The van der Waals surface area contributed by atoms with Crippen molar-refractivity contribution in [3.8, 4) is 5.75 Å². The Balaban J connectivity index is 1.66. The number of ether oxygens (including phenoxy) is 1. The Kier molecular flexibility index (Phi) is 4.53. The maximum Gasteiger partial charge on any atom is 0.253 e. The lowest BCUT2D eigenvalue weighted by Crippen LogP contribution is -2.36. The van der Waals surface area contributed by atoms with E-state index in [0.29, 0.717) is 23.4 Å². The molecule has 0 heterocycles. The second kappa shape index (κ2) is 6.61. The second-order valence-electron chi connectivity index (χ2n) is 6.16. The Bertz CT molecular complexity index is 743. The first-order valence-corrected chi connectivity index (χ1v) is 7.90. The van der Waals surface area contributed by atoms with Crippen LogP contribution in [-0.2, 0) is 10.2 Å². The van der Waals surface area contributed by atoms with Gasteiger partial charge in [-0.3, -0.25) is 4.79 Å². The van der Waals surface area contributed by atoms with Crippen LogP contribution >= 0.6 is 0 Å². The highest BCUT2D eigenvalue weighted by Crippen LogP contribution is 2.48. The van der Waals surface area contributed by atoms with Gasteiger partial charge in [-0.05, 0) is 42.2 Å². The maximum atomic E-state index is 14.0. The molecule has 0 aliphatic heterocycles. The van der Waals surface area contributed by atoms with Crippen molar-refractivity contribution in [1.82, 2.24) is 5.32 Å². The molecular weight excluding hydrogens is 309 g/mol. The molecule has 2 aromatic rings. The van der Waals surface area contributed by atoms with Gasteiger partial charge in [-0.15, -0.1) is 0 Å². The van der Waals surface area contributed by atoms with Crippen molar-refractivity contribution in [2.45, 2.75) is 24.4 Å². The van der Waals surface area contributed by atoms with Crippen LogP contribution in [0.5, 0.6) is 5.75 Å². The van der Waals surface area contributed by atoms with Gasteiger partial charge in [-0.1, -0.05) is 30.3 Å². The van der Waals surface area contributed by atoms with E-state index in [-0.39, 0.29) is 11.2 Å². The molecule has 0 spiro atoms. The Morgan fingerprint density at radius 3 is 2.71 bits per heavy atom. The van der Waals surface area contributed by atoms with Gasteiger partial charge in [0.1, 0.15) is 11.6 Å². The summed E-state index contributed by atoms with van der Waals surface area (Å²) in [4.78, 5) is 12.2. The van der Waals surface area contributed by atoms with Crippen molar-refractivity contribution in [2.24, 2.45) is 0 Å². The van der Waals surface area contributed by atoms with Gasteiger partial charge in [0.15, 0.2) is 6.10 Å². The molecule has 0 saturated heterocycles. The number of carbonyl (C=O) groups is 1. The molecular formula is C19H20FNO3. The standard InChI is InChI=1S/C19H20FNO3/c1-24-14-6-4-5-13(11-14)17(22)18(23)21-12-19(9-10-19)15-7-2-3-8-16(15)20/h2-8,11,17,22H,9-10,12H2,1H3,(H,21,23). The van der Waals surface area contributed by atoms with Gasteiger partial charge >= 0.3 is 0 Å². The van der Waals surface area contributed by atoms with Gasteiger partial charge in [-0.25, -0.2) is 4.39 Å². The lowest BCUT2D eigenvalue weighted by atomic mass is 9.95. The third-order valence-electron chi connectivity index (χ3n) is 4.56. The number of carbonyl (C=O) groups excluding carboxylic acids is 1. The summed E-state index contributed by atoms with van der Waals surface area (Å²) in [5, 5.41) is 13.0. The number of aliphatic hydroxyl groups excluding tert-OH is 1. The average molecular weight is 329 g/mol. The van der Waals surface area contributed by atoms with Crippen molar-refractivity contribution < 1.29 is 19.0 Å². The summed E-state index contributed by atoms with van der Waals surface area (Å²) in [6, 6.07) is 13.4. The number of methoxy groups -OCH3 is 1. The van der Waals surface area contributed by atoms with Crippen LogP contribution in [0.2, 0.25) is 0 Å². The smallest absolute Gasteiger partial charge is 0.253 e. The zero-order chi connectivity index (χ0) is 17.2. The van der Waals surface area contributed by atoms with Gasteiger partial charge < -0.3 is 15.2 Å². The predicted molar refractivity (Wildman–Crippen MR) is 88.3 cm³/mol. The molecule has 126 valence electrons. The Morgan fingerprint density at radius 2 is 2.04 bits per heavy atom. The van der Waals surface area contributed by atoms with Gasteiger partial charge in [0, 0.05) is 12.0 Å². The molecule has 1 unspecified atom stereocenters. The van der Waals surface area contributed by atoms with Crippen molar-refractivity contribution in [1.29, 1.82) is 0 Å². The number of nitrogens with one attached hydrogen (secondary N) is 1. The molecule has 1 fully saturated rings. The van der Waals surface area contributed by atoms with Crippen molar-refractivity contribution in [3.63, 3.8) is 0 Å². The molecule has 24 heavy (non-hydrogen) atoms. The number of halogens is 1. The molecule has 0 aromatic heterocycles. The van der Waals surface area contributed by atoms with E-state index in [9.17, 15) is 14.3 Å². The van der Waals surface area contributed by atoms with Crippen LogP contribution in [0.4, 0.5) is 4.39 Å². The summed E-state index contributed by atoms with van der Waals surface area (Å²) >= 11 is 0. The van der Waals surface area contributed by atoms with Crippen LogP contribution in [0.25, 0.3) is 0 Å². The van der Waals surface area contributed by atoms with E-state index in [4.69, 9.17) is 4.74 Å². The molecule has 2 N–H and O–H groups in total. The minimum absolute atomic E-state index is 0.252. The lowest BCUT2D eigenvalue weighted by Gasteiger charge is -2.19. The molecule has 2 aromatic carbocycles. The SMILES string of the molecule is COc1cccc(C(O)C(=O)NCC2(c3ccccc3F)CC2)c1. The molecule has 5 heteroatoms. The fourth-order valence-electron chi connectivity index (χ4n) is 2.90. The molecule has 1 amide bonds. The van der Waals surface area contributed by atoms with E-state index in [1.807, 2.05) is 0 Å². The maximum absolute atomic E-state index is 14.0. The first-order chi connectivity index (χ1) is 11.6. The summed E-state index contributed by atoms with van der Waals surface area (Å²) in [6.45, 7) is 0.313. The van der Waals surface area contributed by atoms with E-state index < -0.39 is 12.0 Å². The van der Waals surface area contributed by atoms with Crippen molar-refractivity contribution in [2.75, 3.05) is 13.7 Å². The molecule has 3 rings (SSSR count). The number of benzene rings is 2. The highest BCUT2D eigenvalue weighted by Gasteiger charge is 2.46. The number of rotatable bonds is 6. The first-order valence-electron chi connectivity index (χ1n) is 7.90. The Morgan fingerprint density at radius 1 is 1.29 bits per heavy atom. The lowest BCUT2D eigenvalue weighted by molar-refractivity contribution is -0.129. The normalized spacial score (nSPS) is 16.3. The first kappa shape index (κ1) is 16.5. The van der Waals surface area contributed by atoms with Gasteiger partial charge in [0.25, 0.3) is 5.91 Å². The molecule has 1 saturated carbocycles. The summed E-state index contributed by atoms with van der Waals surface area (Å²) in [5.74, 6) is -0.173. The number of hydrogen-bond acceptors (Lipinski definition) is 3. The van der Waals surface area contributed by atoms with E-state index in [1.165, 1.54) is 13.2 Å². The minimum Gasteiger partial charge on any atom is -0.497 e. The van der Waals surface area contributed by atoms with Gasteiger partial charge in [0.2, 0.25) is 0 Å². The summed E-state index contributed by atoms with van der Waals surface area (Å²) in [6.07, 6.45) is 0.365. The number of hydrogen-bond donors (Lipinski definition) is 2. The van der Waals surface area contributed by atoms with Crippen molar-refractivity contribution >= 4 is 5.91 Å². The molecule has 1 atom stereocenters. The van der Waals surface area contributed by atoms with Gasteiger partial charge in [-0.2, -0.15) is 0 Å². The van der Waals surface area contributed by atoms with Crippen LogP contribution in [-0.4, -0.2) is 24.7 Å². The van der Waals surface area contributed by atoms with E-state index in [0.717, 1.165) is 12.8 Å². The Labute approximate surface area is 140 Å². The molecule has 4 nitrogen and oxygen atoms in total. The van der Waals surface area contributed by atoms with Crippen LogP contribution < -0.4 is 10.1 Å². The zero-order valence-corrected chi connectivity index (χ0v) is 13.5. The monoisotopic (exact) mass is 329 g/mol. The average Bonchev–Trinajstić information content (AvgIpc) is 3.40. The second-order valence-corrected chi connectivity index (χ2v) is 6.16. The Hall–Kier alpha value is -2.40. The van der Waals surface area contributed by atoms with Crippen LogP contribution in [0.1, 0.15) is 30.1 Å². The summed E-state index contributed by atoms with van der Waals surface area (Å²) in [5.41, 5.74) is 0.735. The van der Waals surface area contributed by atoms with E-state index in [2.05, 4.69) is 5.32 Å². The summed E-state index contributed by atoms with van der Waals surface area (Å²) < 4.78 is 19.1. The zero-order valence-electron chi connectivity index (χ0n) is 13.5. The van der Waals surface area contributed by atoms with E-state index in [1.54, 1.807) is 42.5 Å². The number of aliphatic hydroxyl groups is 1. The van der Waals surface area contributed by atoms with Crippen LogP contribution in [0, 0.1) is 5.82 Å². The largest absolute Gasteiger partial charge is 0.497 e. The highest BCUT2D eigenvalue weighted by atomic mass is 19.1. The highest BCUT2D eigenvalue weighted by molar-refractivity contribution is 5.82. The quantitative estimate of drug-likeness (QED) is 0.857. The third kappa shape index (κ3) is 3.26. The van der Waals surface area contributed by atoms with E-state index >= 15 is 0 Å². The number of amides is 1. The molecule has 0 bridgehead atoms. The topological polar surface area (TPSA) is 58.6 Å². The fourth-order valence-corrected chi connectivity index (χ4v) is 2.90. The summed E-state index contributed by atoms with van der Waals surface area (Å²) in [7, 11) is 1.52. The molecule has 0 radical (unpaired) electrons.